The van der Waals surface area contributed by atoms with Gasteiger partial charge in [0, 0.05) is 5.75 Å². The summed E-state index contributed by atoms with van der Waals surface area (Å²) in [6, 6.07) is 2.21. The van der Waals surface area contributed by atoms with E-state index in [-0.39, 0.29) is 0 Å². The van der Waals surface area contributed by atoms with Gasteiger partial charge in [0.15, 0.2) is 0 Å². The first-order valence-electron chi connectivity index (χ1n) is 4.93. The minimum atomic E-state index is 0.588. The Balaban J connectivity index is 2.99. The molecule has 1 aromatic rings. The van der Waals surface area contributed by atoms with Crippen molar-refractivity contribution in [2.75, 3.05) is 5.75 Å². The van der Waals surface area contributed by atoms with Crippen LogP contribution in [0.4, 0.5) is 0 Å². The number of nitriles is 1. The maximum Gasteiger partial charge on any atom is 0.137 e. The predicted octanol–water partition coefficient (Wildman–Crippen LogP) is 2.71. The maximum atomic E-state index is 9.06. The van der Waals surface area contributed by atoms with Crippen LogP contribution in [0.15, 0.2) is 5.03 Å². The number of nitrogens with zero attached hydrogens (tertiary/aromatic N) is 3. The zero-order valence-corrected chi connectivity index (χ0v) is 10.4. The van der Waals surface area contributed by atoms with E-state index in [1.807, 2.05) is 13.8 Å². The second-order valence-corrected chi connectivity index (χ2v) is 4.92. The molecule has 1 aromatic heterocycles. The van der Waals surface area contributed by atoms with E-state index < -0.39 is 0 Å². The fraction of sp³-hybridized carbons (Fsp3) is 0.545. The zero-order valence-electron chi connectivity index (χ0n) is 9.53. The fourth-order valence-corrected chi connectivity index (χ4v) is 2.00. The molecule has 15 heavy (non-hydrogen) atoms. The summed E-state index contributed by atoms with van der Waals surface area (Å²) in [5.74, 6) is 1.55. The van der Waals surface area contributed by atoms with E-state index in [0.29, 0.717) is 11.5 Å². The van der Waals surface area contributed by atoms with Crippen LogP contribution in [0.5, 0.6) is 0 Å². The highest BCUT2D eigenvalue weighted by molar-refractivity contribution is 7.99. The van der Waals surface area contributed by atoms with Crippen LogP contribution in [0.1, 0.15) is 30.7 Å². The highest BCUT2D eigenvalue weighted by Gasteiger charge is 2.11. The SMILES string of the molecule is Cc1nnc(SCC(C)C)c(C#N)c1C. The molecular weight excluding hydrogens is 206 g/mol. The molecule has 4 heteroatoms. The topological polar surface area (TPSA) is 49.6 Å². The maximum absolute atomic E-state index is 9.06. The molecule has 0 fully saturated rings. The summed E-state index contributed by atoms with van der Waals surface area (Å²) in [6.45, 7) is 8.09. The van der Waals surface area contributed by atoms with Crippen LogP contribution in [-0.4, -0.2) is 16.0 Å². The Bertz CT molecular complexity index is 394. The first-order chi connectivity index (χ1) is 7.06. The van der Waals surface area contributed by atoms with Crippen molar-refractivity contribution in [3.05, 3.63) is 16.8 Å². The molecule has 0 aliphatic heterocycles. The second-order valence-electron chi connectivity index (χ2n) is 3.91. The van der Waals surface area contributed by atoms with Gasteiger partial charge in [0.1, 0.15) is 11.1 Å². The van der Waals surface area contributed by atoms with Crippen LogP contribution in [0.2, 0.25) is 0 Å². The molecule has 0 N–H and O–H groups in total. The van der Waals surface area contributed by atoms with Crippen LogP contribution in [-0.2, 0) is 0 Å². The third-order valence-corrected chi connectivity index (χ3v) is 3.48. The van der Waals surface area contributed by atoms with Gasteiger partial charge in [-0.3, -0.25) is 0 Å². The highest BCUT2D eigenvalue weighted by Crippen LogP contribution is 2.24. The molecule has 0 atom stereocenters. The van der Waals surface area contributed by atoms with Gasteiger partial charge in [-0.15, -0.1) is 16.9 Å². The van der Waals surface area contributed by atoms with Crippen molar-refractivity contribution >= 4 is 11.8 Å². The molecule has 1 rings (SSSR count). The average Bonchev–Trinajstić information content (AvgIpc) is 2.19. The van der Waals surface area contributed by atoms with Gasteiger partial charge >= 0.3 is 0 Å². The van der Waals surface area contributed by atoms with Crippen LogP contribution >= 0.6 is 11.8 Å². The number of aromatic nitrogens is 2. The first-order valence-corrected chi connectivity index (χ1v) is 5.91. The number of aryl methyl sites for hydroxylation is 1. The van der Waals surface area contributed by atoms with Crippen LogP contribution in [0.3, 0.4) is 0 Å². The summed E-state index contributed by atoms with van der Waals surface area (Å²) in [7, 11) is 0. The predicted molar refractivity (Wildman–Crippen MR) is 61.8 cm³/mol. The summed E-state index contributed by atoms with van der Waals surface area (Å²) >= 11 is 1.61. The summed E-state index contributed by atoms with van der Waals surface area (Å²) in [5.41, 5.74) is 2.45. The molecule has 0 aliphatic carbocycles. The Kier molecular flexibility index (Phi) is 4.10. The molecule has 0 amide bonds. The number of thioether (sulfide) groups is 1. The molecule has 0 radical (unpaired) electrons. The van der Waals surface area contributed by atoms with Crippen molar-refractivity contribution in [1.82, 2.24) is 10.2 Å². The van der Waals surface area contributed by atoms with E-state index in [9.17, 15) is 0 Å². The third kappa shape index (κ3) is 2.93. The van der Waals surface area contributed by atoms with Crippen LogP contribution in [0.25, 0.3) is 0 Å². The molecule has 0 saturated carbocycles. The minimum absolute atomic E-state index is 0.588. The molecule has 3 nitrogen and oxygen atoms in total. The van der Waals surface area contributed by atoms with Crippen molar-refractivity contribution in [2.24, 2.45) is 5.92 Å². The standard InChI is InChI=1S/C11H15N3S/c1-7(2)6-15-11-10(5-12)8(3)9(4)13-14-11/h7H,6H2,1-4H3. The smallest absolute Gasteiger partial charge is 0.137 e. The minimum Gasteiger partial charge on any atom is -0.192 e. The van der Waals surface area contributed by atoms with Gasteiger partial charge in [0.05, 0.1) is 11.3 Å². The van der Waals surface area contributed by atoms with Crippen LogP contribution < -0.4 is 0 Å². The quantitative estimate of drug-likeness (QED) is 0.736. The highest BCUT2D eigenvalue weighted by atomic mass is 32.2. The van der Waals surface area contributed by atoms with E-state index in [4.69, 9.17) is 5.26 Å². The number of hydrogen-bond donors (Lipinski definition) is 0. The number of rotatable bonds is 3. The lowest BCUT2D eigenvalue weighted by atomic mass is 10.1. The van der Waals surface area contributed by atoms with Gasteiger partial charge in [0.2, 0.25) is 0 Å². The Morgan fingerprint density at radius 3 is 2.53 bits per heavy atom. The lowest BCUT2D eigenvalue weighted by Crippen LogP contribution is -2.00. The zero-order chi connectivity index (χ0) is 11.4. The Morgan fingerprint density at radius 2 is 2.00 bits per heavy atom. The summed E-state index contributed by atoms with van der Waals surface area (Å²) in [6.07, 6.45) is 0. The lowest BCUT2D eigenvalue weighted by molar-refractivity contribution is 0.747. The summed E-state index contributed by atoms with van der Waals surface area (Å²) in [4.78, 5) is 0. The molecule has 0 unspecified atom stereocenters. The van der Waals surface area contributed by atoms with Crippen molar-refractivity contribution < 1.29 is 0 Å². The van der Waals surface area contributed by atoms with E-state index in [0.717, 1.165) is 22.0 Å². The fourth-order valence-electron chi connectivity index (χ4n) is 1.07. The lowest BCUT2D eigenvalue weighted by Gasteiger charge is -2.07. The van der Waals surface area contributed by atoms with Gasteiger partial charge in [-0.05, 0) is 25.3 Å². The first kappa shape index (κ1) is 12.0. The Labute approximate surface area is 94.9 Å². The molecule has 1 heterocycles. The molecule has 0 aliphatic rings. The van der Waals surface area contributed by atoms with Gasteiger partial charge in [-0.25, -0.2) is 0 Å². The molecule has 0 saturated heterocycles. The van der Waals surface area contributed by atoms with Crippen molar-refractivity contribution in [2.45, 2.75) is 32.7 Å². The van der Waals surface area contributed by atoms with Crippen molar-refractivity contribution in [3.63, 3.8) is 0 Å². The van der Waals surface area contributed by atoms with Crippen LogP contribution in [0, 0.1) is 31.1 Å². The average molecular weight is 221 g/mol. The van der Waals surface area contributed by atoms with E-state index in [2.05, 4.69) is 30.1 Å². The van der Waals surface area contributed by atoms with E-state index in [1.165, 1.54) is 0 Å². The van der Waals surface area contributed by atoms with E-state index >= 15 is 0 Å². The van der Waals surface area contributed by atoms with Gasteiger partial charge < -0.3 is 0 Å². The second kappa shape index (κ2) is 5.13. The Morgan fingerprint density at radius 1 is 1.33 bits per heavy atom. The molecule has 0 aromatic carbocycles. The van der Waals surface area contributed by atoms with Gasteiger partial charge in [-0.2, -0.15) is 10.4 Å². The largest absolute Gasteiger partial charge is 0.192 e. The van der Waals surface area contributed by atoms with E-state index in [1.54, 1.807) is 11.8 Å². The Hall–Kier alpha value is -1.08. The van der Waals surface area contributed by atoms with Crippen molar-refractivity contribution in [3.8, 4) is 6.07 Å². The third-order valence-electron chi connectivity index (χ3n) is 2.09. The monoisotopic (exact) mass is 221 g/mol. The normalized spacial score (nSPS) is 10.4. The molecular formula is C11H15N3S. The molecule has 80 valence electrons. The molecule has 0 spiro atoms. The summed E-state index contributed by atoms with van der Waals surface area (Å²) < 4.78 is 0. The van der Waals surface area contributed by atoms with Gasteiger partial charge in [-0.1, -0.05) is 13.8 Å². The van der Waals surface area contributed by atoms with Gasteiger partial charge in [0.25, 0.3) is 0 Å². The number of hydrogen-bond acceptors (Lipinski definition) is 4. The van der Waals surface area contributed by atoms with Crippen molar-refractivity contribution in [1.29, 1.82) is 5.26 Å². The summed E-state index contributed by atoms with van der Waals surface area (Å²) in [5, 5.41) is 17.9. The molecule has 0 bridgehead atoms.